The van der Waals surface area contributed by atoms with Crippen LogP contribution in [0.3, 0.4) is 0 Å². The first-order valence-electron chi connectivity index (χ1n) is 7.19. The van der Waals surface area contributed by atoms with Crippen LogP contribution in [-0.4, -0.2) is 26.0 Å². The lowest BCUT2D eigenvalue weighted by molar-refractivity contribution is 0.411. The molecule has 0 fully saturated rings. The van der Waals surface area contributed by atoms with E-state index in [4.69, 9.17) is 25.0 Å². The molecule has 0 saturated carbocycles. The van der Waals surface area contributed by atoms with Crippen molar-refractivity contribution in [2.45, 2.75) is 0 Å². The van der Waals surface area contributed by atoms with Gasteiger partial charge in [-0.1, -0.05) is 18.2 Å². The Hall–Kier alpha value is -2.86. The molecule has 0 atom stereocenters. The topological polar surface area (TPSA) is 75.4 Å². The van der Waals surface area contributed by atoms with Gasteiger partial charge in [0.25, 0.3) is 0 Å². The van der Waals surface area contributed by atoms with Crippen molar-refractivity contribution in [1.82, 2.24) is 0 Å². The summed E-state index contributed by atoms with van der Waals surface area (Å²) in [4.78, 5) is 0.605. The van der Waals surface area contributed by atoms with Crippen molar-refractivity contribution < 1.29 is 14.2 Å². The molecule has 0 aliphatic rings. The van der Waals surface area contributed by atoms with Gasteiger partial charge in [0, 0.05) is 10.9 Å². The van der Waals surface area contributed by atoms with Gasteiger partial charge in [0.1, 0.15) is 11.5 Å². The molecule has 0 radical (unpaired) electrons. The van der Waals surface area contributed by atoms with Crippen molar-refractivity contribution in [3.63, 3.8) is 0 Å². The maximum atomic E-state index is 8.16. The van der Waals surface area contributed by atoms with E-state index in [0.717, 1.165) is 10.1 Å². The smallest absolute Gasteiger partial charge is 0.231 e. The third-order valence-electron chi connectivity index (χ3n) is 3.51. The highest BCUT2D eigenvalue weighted by Crippen LogP contribution is 2.39. The molecular formula is C18H16N2O3S. The summed E-state index contributed by atoms with van der Waals surface area (Å²) in [5.41, 5.74) is 0.624. The SMILES string of the molecule is COc1ccc(OC)c2sc(C(=N)OC(=N)c3ccccc3)cc12. The van der Waals surface area contributed by atoms with Crippen molar-refractivity contribution in [3.05, 3.63) is 59.0 Å². The molecule has 2 aromatic carbocycles. The standard InChI is InChI=1S/C18H16N2O3S/c1-21-13-8-9-14(22-2)16-12(13)10-15(24-16)18(20)23-17(19)11-6-4-3-5-7-11/h3-10,19-20H,1-2H3. The third kappa shape index (κ3) is 2.96. The molecule has 0 spiro atoms. The average molecular weight is 340 g/mol. The number of thiophene rings is 1. The molecule has 0 saturated heterocycles. The van der Waals surface area contributed by atoms with Crippen LogP contribution in [0.4, 0.5) is 0 Å². The van der Waals surface area contributed by atoms with Crippen LogP contribution in [0.15, 0.2) is 48.5 Å². The third-order valence-corrected chi connectivity index (χ3v) is 4.66. The van der Waals surface area contributed by atoms with Crippen LogP contribution in [0.2, 0.25) is 0 Å². The summed E-state index contributed by atoms with van der Waals surface area (Å²) in [6.07, 6.45) is 0. The second-order valence-corrected chi connectivity index (χ2v) is 6.00. The van der Waals surface area contributed by atoms with E-state index in [0.29, 0.717) is 21.9 Å². The maximum Gasteiger partial charge on any atom is 0.231 e. The van der Waals surface area contributed by atoms with Gasteiger partial charge in [-0.25, -0.2) is 0 Å². The normalized spacial score (nSPS) is 10.4. The lowest BCUT2D eigenvalue weighted by Gasteiger charge is -2.06. The number of hydrogen-bond acceptors (Lipinski definition) is 6. The van der Waals surface area contributed by atoms with Crippen LogP contribution in [0.1, 0.15) is 10.4 Å². The van der Waals surface area contributed by atoms with E-state index in [9.17, 15) is 0 Å². The quantitative estimate of drug-likeness (QED) is 0.549. The summed E-state index contributed by atoms with van der Waals surface area (Å²) in [5.74, 6) is 1.29. The van der Waals surface area contributed by atoms with E-state index in [1.807, 2.05) is 36.4 Å². The number of fused-ring (bicyclic) bond motifs is 1. The van der Waals surface area contributed by atoms with Gasteiger partial charge < -0.3 is 14.2 Å². The molecule has 0 aliphatic heterocycles. The van der Waals surface area contributed by atoms with E-state index in [1.165, 1.54) is 11.3 Å². The Bertz CT molecular complexity index is 862. The molecule has 1 heterocycles. The fraction of sp³-hybridized carbons (Fsp3) is 0.111. The number of nitrogens with one attached hydrogen (secondary N) is 2. The van der Waals surface area contributed by atoms with Gasteiger partial charge in [0.15, 0.2) is 0 Å². The predicted octanol–water partition coefficient (Wildman–Crippen LogP) is 4.29. The Kier molecular flexibility index (Phi) is 4.48. The minimum atomic E-state index is -0.0749. The molecular weight excluding hydrogens is 324 g/mol. The van der Waals surface area contributed by atoms with Crippen molar-refractivity contribution >= 4 is 33.2 Å². The Morgan fingerprint density at radius 1 is 0.875 bits per heavy atom. The second-order valence-electron chi connectivity index (χ2n) is 4.95. The number of rotatable bonds is 4. The summed E-state index contributed by atoms with van der Waals surface area (Å²) < 4.78 is 17.0. The molecule has 0 amide bonds. The van der Waals surface area contributed by atoms with Crippen LogP contribution in [0.5, 0.6) is 11.5 Å². The van der Waals surface area contributed by atoms with Gasteiger partial charge in [-0.3, -0.25) is 10.8 Å². The van der Waals surface area contributed by atoms with Crippen LogP contribution in [0.25, 0.3) is 10.1 Å². The largest absolute Gasteiger partial charge is 0.496 e. The van der Waals surface area contributed by atoms with E-state index in [2.05, 4.69) is 0 Å². The van der Waals surface area contributed by atoms with E-state index < -0.39 is 0 Å². The van der Waals surface area contributed by atoms with Crippen molar-refractivity contribution in [2.24, 2.45) is 0 Å². The highest BCUT2D eigenvalue weighted by Gasteiger charge is 2.16. The highest BCUT2D eigenvalue weighted by molar-refractivity contribution is 7.21. The fourth-order valence-corrected chi connectivity index (χ4v) is 3.38. The number of hydrogen-bond donors (Lipinski definition) is 2. The summed E-state index contributed by atoms with van der Waals surface area (Å²) in [6, 6.07) is 14.5. The summed E-state index contributed by atoms with van der Waals surface area (Å²) in [6.45, 7) is 0. The van der Waals surface area contributed by atoms with Crippen molar-refractivity contribution in [2.75, 3.05) is 14.2 Å². The van der Waals surface area contributed by atoms with Crippen molar-refractivity contribution in [3.8, 4) is 11.5 Å². The molecule has 1 aromatic heterocycles. The average Bonchev–Trinajstić information content (AvgIpc) is 3.07. The number of benzene rings is 2. The molecule has 0 aliphatic carbocycles. The van der Waals surface area contributed by atoms with Gasteiger partial charge in [-0.05, 0) is 30.3 Å². The Balaban J connectivity index is 1.92. The zero-order chi connectivity index (χ0) is 17.1. The maximum absolute atomic E-state index is 8.16. The lowest BCUT2D eigenvalue weighted by atomic mass is 10.2. The molecule has 122 valence electrons. The molecule has 0 bridgehead atoms. The van der Waals surface area contributed by atoms with Crippen LogP contribution >= 0.6 is 11.3 Å². The molecule has 6 heteroatoms. The molecule has 3 rings (SSSR count). The molecule has 2 N–H and O–H groups in total. The Morgan fingerprint density at radius 2 is 1.54 bits per heavy atom. The predicted molar refractivity (Wildman–Crippen MR) is 96.1 cm³/mol. The van der Waals surface area contributed by atoms with Crippen molar-refractivity contribution in [1.29, 1.82) is 10.8 Å². The Labute approximate surface area is 143 Å². The molecule has 3 aromatic rings. The number of ether oxygens (including phenoxy) is 3. The van der Waals surface area contributed by atoms with E-state index in [-0.39, 0.29) is 11.8 Å². The molecule has 0 unspecified atom stereocenters. The minimum Gasteiger partial charge on any atom is -0.496 e. The fourth-order valence-electron chi connectivity index (χ4n) is 2.33. The minimum absolute atomic E-state index is 0.0583. The number of methoxy groups -OCH3 is 2. The summed E-state index contributed by atoms with van der Waals surface area (Å²) in [5, 5.41) is 17.0. The zero-order valence-electron chi connectivity index (χ0n) is 13.3. The first-order chi connectivity index (χ1) is 11.6. The second kappa shape index (κ2) is 6.72. The van der Waals surface area contributed by atoms with Crippen LogP contribution in [0, 0.1) is 10.8 Å². The summed E-state index contributed by atoms with van der Waals surface area (Å²) >= 11 is 1.37. The van der Waals surface area contributed by atoms with Gasteiger partial charge in [0.05, 0.1) is 23.8 Å². The highest BCUT2D eigenvalue weighted by atomic mass is 32.1. The molecule has 24 heavy (non-hydrogen) atoms. The van der Waals surface area contributed by atoms with Gasteiger partial charge in [0.2, 0.25) is 11.8 Å². The zero-order valence-corrected chi connectivity index (χ0v) is 14.1. The first kappa shape index (κ1) is 16.0. The lowest BCUT2D eigenvalue weighted by Crippen LogP contribution is -2.11. The Morgan fingerprint density at radius 3 is 2.21 bits per heavy atom. The van der Waals surface area contributed by atoms with Gasteiger partial charge >= 0.3 is 0 Å². The first-order valence-corrected chi connectivity index (χ1v) is 8.01. The summed E-state index contributed by atoms with van der Waals surface area (Å²) in [7, 11) is 3.21. The van der Waals surface area contributed by atoms with Crippen LogP contribution < -0.4 is 9.47 Å². The van der Waals surface area contributed by atoms with E-state index in [1.54, 1.807) is 26.4 Å². The van der Waals surface area contributed by atoms with E-state index >= 15 is 0 Å². The monoisotopic (exact) mass is 340 g/mol. The van der Waals surface area contributed by atoms with Gasteiger partial charge in [-0.2, -0.15) is 0 Å². The van der Waals surface area contributed by atoms with Gasteiger partial charge in [-0.15, -0.1) is 11.3 Å². The molecule has 5 nitrogen and oxygen atoms in total. The van der Waals surface area contributed by atoms with Crippen LogP contribution in [-0.2, 0) is 4.74 Å².